The van der Waals surface area contributed by atoms with E-state index in [0.717, 1.165) is 5.56 Å². The van der Waals surface area contributed by atoms with Crippen LogP contribution in [0.2, 0.25) is 0 Å². The maximum atomic E-state index is 11.9. The van der Waals surface area contributed by atoms with Crippen LogP contribution in [0.1, 0.15) is 12.0 Å². The van der Waals surface area contributed by atoms with Crippen molar-refractivity contribution >= 4 is 15.9 Å². The van der Waals surface area contributed by atoms with E-state index in [1.807, 2.05) is 0 Å². The molecule has 0 heterocycles. The third-order valence-electron chi connectivity index (χ3n) is 2.44. The number of amides is 1. The topological polar surface area (TPSA) is 89.3 Å². The van der Waals surface area contributed by atoms with Crippen molar-refractivity contribution < 1.29 is 26.4 Å². The first-order valence-corrected chi connectivity index (χ1v) is 7.12. The summed E-state index contributed by atoms with van der Waals surface area (Å²) in [4.78, 5) is 10.5. The standard InChI is InChI=1S/C11H13F3N2O3S/c12-11(13,14)10(17)16-7-1-2-8-3-5-9(6-4-8)20(15,18)19/h3-6H,1-2,7H2,(H,16,17)(H2,15,18,19). The zero-order chi connectivity index (χ0) is 15.4. The number of nitrogens with one attached hydrogen (secondary N) is 1. The molecule has 0 aromatic heterocycles. The van der Waals surface area contributed by atoms with Gasteiger partial charge < -0.3 is 5.32 Å². The van der Waals surface area contributed by atoms with Crippen LogP contribution in [-0.4, -0.2) is 27.0 Å². The summed E-state index contributed by atoms with van der Waals surface area (Å²) in [7, 11) is -3.75. The molecule has 1 rings (SSSR count). The molecule has 0 saturated carbocycles. The molecule has 0 spiro atoms. The maximum absolute atomic E-state index is 11.9. The third-order valence-corrected chi connectivity index (χ3v) is 3.37. The van der Waals surface area contributed by atoms with Gasteiger partial charge in [0, 0.05) is 6.54 Å². The molecule has 5 nitrogen and oxygen atoms in total. The van der Waals surface area contributed by atoms with Crippen LogP contribution >= 0.6 is 0 Å². The number of rotatable bonds is 5. The first kappa shape index (κ1) is 16.4. The molecule has 9 heteroatoms. The summed E-state index contributed by atoms with van der Waals surface area (Å²) in [6.45, 7) is -0.116. The van der Waals surface area contributed by atoms with Gasteiger partial charge in [-0.3, -0.25) is 4.79 Å². The van der Waals surface area contributed by atoms with Crippen molar-refractivity contribution in [3.8, 4) is 0 Å². The van der Waals surface area contributed by atoms with Gasteiger partial charge in [-0.2, -0.15) is 13.2 Å². The molecule has 0 unspecified atom stereocenters. The maximum Gasteiger partial charge on any atom is 0.471 e. The van der Waals surface area contributed by atoms with E-state index < -0.39 is 22.1 Å². The molecule has 0 fully saturated rings. The second kappa shape index (κ2) is 6.23. The van der Waals surface area contributed by atoms with Crippen LogP contribution in [-0.2, 0) is 21.2 Å². The number of benzene rings is 1. The van der Waals surface area contributed by atoms with Gasteiger partial charge in [-0.15, -0.1) is 0 Å². The minimum absolute atomic E-state index is 0.0355. The van der Waals surface area contributed by atoms with E-state index in [9.17, 15) is 26.4 Å². The van der Waals surface area contributed by atoms with E-state index in [4.69, 9.17) is 5.14 Å². The molecule has 0 bridgehead atoms. The average Bonchev–Trinajstić information content (AvgIpc) is 2.32. The number of carbonyl (C=O) groups excluding carboxylic acids is 1. The molecule has 1 aromatic rings. The minimum Gasteiger partial charge on any atom is -0.348 e. The van der Waals surface area contributed by atoms with Crippen molar-refractivity contribution in [2.75, 3.05) is 6.54 Å². The molecule has 0 aliphatic heterocycles. The summed E-state index contributed by atoms with van der Waals surface area (Å²) in [6, 6.07) is 5.68. The van der Waals surface area contributed by atoms with Gasteiger partial charge in [-0.05, 0) is 30.5 Å². The molecule has 1 amide bonds. The fourth-order valence-corrected chi connectivity index (χ4v) is 1.96. The smallest absolute Gasteiger partial charge is 0.348 e. The Balaban J connectivity index is 2.42. The lowest BCUT2D eigenvalue weighted by Crippen LogP contribution is -2.37. The molecule has 1 aromatic carbocycles. The van der Waals surface area contributed by atoms with Crippen molar-refractivity contribution in [2.24, 2.45) is 5.14 Å². The van der Waals surface area contributed by atoms with Gasteiger partial charge in [0.2, 0.25) is 10.0 Å². The second-order valence-electron chi connectivity index (χ2n) is 4.05. The molecule has 0 aliphatic rings. The molecule has 112 valence electrons. The molecular formula is C11H13F3N2O3S. The lowest BCUT2D eigenvalue weighted by molar-refractivity contribution is -0.173. The highest BCUT2D eigenvalue weighted by Crippen LogP contribution is 2.14. The van der Waals surface area contributed by atoms with Crippen molar-refractivity contribution in [2.45, 2.75) is 23.9 Å². The van der Waals surface area contributed by atoms with Gasteiger partial charge in [0.1, 0.15) is 0 Å². The summed E-state index contributed by atoms with van der Waals surface area (Å²) in [5.74, 6) is -1.97. The van der Waals surface area contributed by atoms with Crippen molar-refractivity contribution in [1.82, 2.24) is 5.32 Å². The Morgan fingerprint density at radius 2 is 1.75 bits per heavy atom. The Morgan fingerprint density at radius 3 is 2.20 bits per heavy atom. The van der Waals surface area contributed by atoms with E-state index in [0.29, 0.717) is 12.8 Å². The summed E-state index contributed by atoms with van der Waals surface area (Å²) < 4.78 is 57.6. The largest absolute Gasteiger partial charge is 0.471 e. The van der Waals surface area contributed by atoms with E-state index in [1.54, 1.807) is 5.32 Å². The third kappa shape index (κ3) is 5.17. The Labute approximate surface area is 114 Å². The van der Waals surface area contributed by atoms with E-state index in [1.165, 1.54) is 24.3 Å². The number of aryl methyl sites for hydroxylation is 1. The van der Waals surface area contributed by atoms with Gasteiger partial charge in [0.15, 0.2) is 0 Å². The summed E-state index contributed by atoms with van der Waals surface area (Å²) in [6.07, 6.45) is -4.17. The first-order valence-electron chi connectivity index (χ1n) is 5.57. The van der Waals surface area contributed by atoms with E-state index in [-0.39, 0.29) is 11.4 Å². The van der Waals surface area contributed by atoms with Crippen molar-refractivity contribution in [3.05, 3.63) is 29.8 Å². The van der Waals surface area contributed by atoms with Gasteiger partial charge in [-0.25, -0.2) is 13.6 Å². The van der Waals surface area contributed by atoms with Crippen LogP contribution in [0.4, 0.5) is 13.2 Å². The molecule has 3 N–H and O–H groups in total. The zero-order valence-electron chi connectivity index (χ0n) is 10.3. The Bertz CT molecular complexity index is 568. The molecule has 0 aliphatic carbocycles. The van der Waals surface area contributed by atoms with E-state index in [2.05, 4.69) is 0 Å². The molecule has 0 saturated heterocycles. The Hall–Kier alpha value is -1.61. The van der Waals surface area contributed by atoms with Crippen LogP contribution in [0.5, 0.6) is 0 Å². The monoisotopic (exact) mass is 310 g/mol. The van der Waals surface area contributed by atoms with Gasteiger partial charge >= 0.3 is 12.1 Å². The van der Waals surface area contributed by atoms with Crippen LogP contribution in [0, 0.1) is 0 Å². The molecule has 0 radical (unpaired) electrons. The number of alkyl halides is 3. The van der Waals surface area contributed by atoms with Gasteiger partial charge in [-0.1, -0.05) is 12.1 Å². The predicted molar refractivity (Wildman–Crippen MR) is 65.2 cm³/mol. The summed E-state index contributed by atoms with van der Waals surface area (Å²) >= 11 is 0. The lowest BCUT2D eigenvalue weighted by atomic mass is 10.1. The SMILES string of the molecule is NS(=O)(=O)c1ccc(CCCNC(=O)C(F)(F)F)cc1. The number of hydrogen-bond acceptors (Lipinski definition) is 3. The Morgan fingerprint density at radius 1 is 1.20 bits per heavy atom. The number of carbonyl (C=O) groups is 1. The molecular weight excluding hydrogens is 297 g/mol. The minimum atomic E-state index is -4.88. The van der Waals surface area contributed by atoms with E-state index >= 15 is 0 Å². The molecule has 20 heavy (non-hydrogen) atoms. The summed E-state index contributed by atoms with van der Waals surface area (Å²) in [5, 5.41) is 6.67. The zero-order valence-corrected chi connectivity index (χ0v) is 11.1. The highest BCUT2D eigenvalue weighted by molar-refractivity contribution is 7.89. The normalized spacial score (nSPS) is 12.2. The summed E-state index contributed by atoms with van der Waals surface area (Å²) in [5.41, 5.74) is 0.735. The number of halogens is 3. The van der Waals surface area contributed by atoms with Crippen LogP contribution in [0.15, 0.2) is 29.2 Å². The van der Waals surface area contributed by atoms with Gasteiger partial charge in [0.05, 0.1) is 4.90 Å². The fourth-order valence-electron chi connectivity index (χ4n) is 1.44. The highest BCUT2D eigenvalue weighted by Gasteiger charge is 2.38. The van der Waals surface area contributed by atoms with Gasteiger partial charge in [0.25, 0.3) is 0 Å². The quantitative estimate of drug-likeness (QED) is 0.793. The highest BCUT2D eigenvalue weighted by atomic mass is 32.2. The van der Waals surface area contributed by atoms with Crippen LogP contribution in [0.3, 0.4) is 0 Å². The Kier molecular flexibility index (Phi) is 5.12. The predicted octanol–water partition coefficient (Wildman–Crippen LogP) is 0.945. The van der Waals surface area contributed by atoms with Crippen molar-refractivity contribution in [3.63, 3.8) is 0 Å². The first-order chi connectivity index (χ1) is 9.10. The van der Waals surface area contributed by atoms with Crippen molar-refractivity contribution in [1.29, 1.82) is 0 Å². The average molecular weight is 310 g/mol. The van der Waals surface area contributed by atoms with Crippen LogP contribution in [0.25, 0.3) is 0 Å². The number of nitrogens with two attached hydrogens (primary N) is 1. The number of sulfonamides is 1. The second-order valence-corrected chi connectivity index (χ2v) is 5.61. The number of hydrogen-bond donors (Lipinski definition) is 2. The van der Waals surface area contributed by atoms with Crippen LogP contribution < -0.4 is 10.5 Å². The number of primary sulfonamides is 1. The fraction of sp³-hybridized carbons (Fsp3) is 0.364. The lowest BCUT2D eigenvalue weighted by Gasteiger charge is -2.07. The molecule has 0 atom stereocenters.